The number of urea groups is 1. The Morgan fingerprint density at radius 1 is 1.22 bits per heavy atom. The lowest BCUT2D eigenvalue weighted by atomic mass is 10.1. The van der Waals surface area contributed by atoms with E-state index in [0.717, 1.165) is 11.1 Å². The predicted octanol–water partition coefficient (Wildman–Crippen LogP) is 2.83. The largest absolute Gasteiger partial charge is 0.366 e. The third-order valence-corrected chi connectivity index (χ3v) is 3.80. The van der Waals surface area contributed by atoms with Gasteiger partial charge in [0.05, 0.1) is 0 Å². The van der Waals surface area contributed by atoms with Gasteiger partial charge < -0.3 is 11.1 Å². The first-order valence-electron chi connectivity index (χ1n) is 7.22. The quantitative estimate of drug-likeness (QED) is 0.894. The molecule has 6 heteroatoms. The Balaban J connectivity index is 1.83. The van der Waals surface area contributed by atoms with Gasteiger partial charge in [-0.3, -0.25) is 9.69 Å². The van der Waals surface area contributed by atoms with Gasteiger partial charge in [-0.2, -0.15) is 0 Å². The molecule has 0 spiro atoms. The van der Waals surface area contributed by atoms with E-state index < -0.39 is 5.91 Å². The van der Waals surface area contributed by atoms with E-state index in [1.165, 1.54) is 18.2 Å². The Morgan fingerprint density at radius 2 is 2.00 bits per heavy atom. The van der Waals surface area contributed by atoms with Crippen LogP contribution in [-0.4, -0.2) is 18.5 Å². The van der Waals surface area contributed by atoms with Crippen molar-refractivity contribution in [3.8, 4) is 0 Å². The minimum absolute atomic E-state index is 0.309. The number of nitrogens with two attached hydrogens (primary N) is 1. The number of carbonyl (C=O) groups is 2. The van der Waals surface area contributed by atoms with E-state index >= 15 is 0 Å². The summed E-state index contributed by atoms with van der Waals surface area (Å²) >= 11 is 0. The number of hydrogen-bond donors (Lipinski definition) is 2. The molecule has 0 aromatic heterocycles. The molecular formula is C17H16FN3O2. The summed E-state index contributed by atoms with van der Waals surface area (Å²) in [6.45, 7) is 2.30. The van der Waals surface area contributed by atoms with Crippen LogP contribution in [0.5, 0.6) is 0 Å². The summed E-state index contributed by atoms with van der Waals surface area (Å²) < 4.78 is 13.2. The number of benzene rings is 2. The molecule has 1 aliphatic heterocycles. The number of anilines is 2. The van der Waals surface area contributed by atoms with E-state index in [2.05, 4.69) is 5.32 Å². The van der Waals surface area contributed by atoms with Gasteiger partial charge >= 0.3 is 6.03 Å². The van der Waals surface area contributed by atoms with Crippen LogP contribution in [0.3, 0.4) is 0 Å². The summed E-state index contributed by atoms with van der Waals surface area (Å²) in [6, 6.07) is 9.01. The number of aryl methyl sites for hydroxylation is 1. The summed E-state index contributed by atoms with van der Waals surface area (Å²) in [4.78, 5) is 25.3. The van der Waals surface area contributed by atoms with Crippen molar-refractivity contribution in [3.05, 3.63) is 58.9 Å². The molecule has 0 saturated heterocycles. The standard InChI is InChI=1S/C17H16FN3O2/c1-10-6-12(16(19)22)9-14(7-10)20-17(23)21-5-4-11-8-13(18)2-3-15(11)21/h2-3,6-9H,4-5H2,1H3,(H2,19,22)(H,20,23). The second-order valence-electron chi connectivity index (χ2n) is 5.56. The van der Waals surface area contributed by atoms with Crippen molar-refractivity contribution in [1.29, 1.82) is 0 Å². The van der Waals surface area contributed by atoms with Crippen molar-refractivity contribution < 1.29 is 14.0 Å². The normalized spacial score (nSPS) is 12.9. The Hall–Kier alpha value is -2.89. The van der Waals surface area contributed by atoms with Crippen molar-refractivity contribution in [2.45, 2.75) is 13.3 Å². The first kappa shape index (κ1) is 15.0. The van der Waals surface area contributed by atoms with Gasteiger partial charge in [-0.15, -0.1) is 0 Å². The third kappa shape index (κ3) is 3.01. The number of amides is 3. The lowest BCUT2D eigenvalue weighted by Gasteiger charge is -2.18. The van der Waals surface area contributed by atoms with E-state index in [-0.39, 0.29) is 11.8 Å². The van der Waals surface area contributed by atoms with Gasteiger partial charge in [-0.05, 0) is 60.9 Å². The van der Waals surface area contributed by atoms with Crippen LogP contribution in [0.4, 0.5) is 20.6 Å². The van der Waals surface area contributed by atoms with Gasteiger partial charge in [0.1, 0.15) is 5.82 Å². The fourth-order valence-electron chi connectivity index (χ4n) is 2.77. The maximum absolute atomic E-state index is 13.2. The van der Waals surface area contributed by atoms with Gasteiger partial charge in [0.15, 0.2) is 0 Å². The summed E-state index contributed by atoms with van der Waals surface area (Å²) in [5, 5.41) is 2.76. The molecule has 23 heavy (non-hydrogen) atoms. The summed E-state index contributed by atoms with van der Waals surface area (Å²) in [5.41, 5.74) is 8.45. The average Bonchev–Trinajstić information content (AvgIpc) is 2.89. The molecule has 5 nitrogen and oxygen atoms in total. The van der Waals surface area contributed by atoms with E-state index in [0.29, 0.717) is 29.9 Å². The lowest BCUT2D eigenvalue weighted by molar-refractivity contribution is 0.1000. The first-order valence-corrected chi connectivity index (χ1v) is 7.22. The van der Waals surface area contributed by atoms with Gasteiger partial charge in [-0.25, -0.2) is 9.18 Å². The van der Waals surface area contributed by atoms with E-state index in [1.807, 2.05) is 6.92 Å². The average molecular weight is 313 g/mol. The summed E-state index contributed by atoms with van der Waals surface area (Å²) in [7, 11) is 0. The number of nitrogens with zero attached hydrogens (tertiary/aromatic N) is 1. The molecule has 0 atom stereocenters. The van der Waals surface area contributed by atoms with Gasteiger partial charge in [-0.1, -0.05) is 0 Å². The zero-order valence-corrected chi connectivity index (χ0v) is 12.6. The molecule has 3 amide bonds. The molecule has 1 aliphatic rings. The number of halogens is 1. The Kier molecular flexibility index (Phi) is 3.73. The van der Waals surface area contributed by atoms with Gasteiger partial charge in [0.2, 0.25) is 5.91 Å². The SMILES string of the molecule is Cc1cc(NC(=O)N2CCc3cc(F)ccc32)cc(C(N)=O)c1. The molecule has 0 radical (unpaired) electrons. The van der Waals surface area contributed by atoms with Crippen LogP contribution in [0, 0.1) is 12.7 Å². The van der Waals surface area contributed by atoms with Crippen molar-refractivity contribution >= 4 is 23.3 Å². The maximum Gasteiger partial charge on any atom is 0.326 e. The second-order valence-corrected chi connectivity index (χ2v) is 5.56. The Bertz CT molecular complexity index is 804. The molecule has 3 rings (SSSR count). The Morgan fingerprint density at radius 3 is 2.74 bits per heavy atom. The van der Waals surface area contributed by atoms with E-state index in [9.17, 15) is 14.0 Å². The van der Waals surface area contributed by atoms with Crippen LogP contribution in [0.15, 0.2) is 36.4 Å². The molecule has 2 aromatic rings. The van der Waals surface area contributed by atoms with E-state index in [1.54, 1.807) is 23.1 Å². The summed E-state index contributed by atoms with van der Waals surface area (Å²) in [6.07, 6.45) is 0.612. The third-order valence-electron chi connectivity index (χ3n) is 3.80. The van der Waals surface area contributed by atoms with Crippen LogP contribution in [-0.2, 0) is 6.42 Å². The molecule has 2 aromatic carbocycles. The monoisotopic (exact) mass is 313 g/mol. The minimum Gasteiger partial charge on any atom is -0.366 e. The maximum atomic E-state index is 13.2. The molecular weight excluding hydrogens is 297 g/mol. The zero-order chi connectivity index (χ0) is 16.6. The fourth-order valence-corrected chi connectivity index (χ4v) is 2.77. The molecule has 118 valence electrons. The molecule has 1 heterocycles. The smallest absolute Gasteiger partial charge is 0.326 e. The summed E-state index contributed by atoms with van der Waals surface area (Å²) in [5.74, 6) is -0.859. The van der Waals surface area contributed by atoms with Crippen LogP contribution < -0.4 is 16.0 Å². The van der Waals surface area contributed by atoms with Crippen molar-refractivity contribution in [2.24, 2.45) is 5.73 Å². The number of hydrogen-bond acceptors (Lipinski definition) is 2. The molecule has 0 bridgehead atoms. The highest BCUT2D eigenvalue weighted by Crippen LogP contribution is 2.29. The zero-order valence-electron chi connectivity index (χ0n) is 12.6. The molecule has 0 fully saturated rings. The molecule has 0 unspecified atom stereocenters. The van der Waals surface area contributed by atoms with Gasteiger partial charge in [0, 0.05) is 23.5 Å². The first-order chi connectivity index (χ1) is 10.9. The fraction of sp³-hybridized carbons (Fsp3) is 0.176. The van der Waals surface area contributed by atoms with Crippen LogP contribution >= 0.6 is 0 Å². The number of primary amides is 1. The number of nitrogens with one attached hydrogen (secondary N) is 1. The highest BCUT2D eigenvalue weighted by atomic mass is 19.1. The predicted molar refractivity (Wildman–Crippen MR) is 86.2 cm³/mol. The van der Waals surface area contributed by atoms with Crippen LogP contribution in [0.1, 0.15) is 21.5 Å². The van der Waals surface area contributed by atoms with Crippen molar-refractivity contribution in [2.75, 3.05) is 16.8 Å². The molecule has 0 saturated carbocycles. The highest BCUT2D eigenvalue weighted by Gasteiger charge is 2.25. The molecule has 0 aliphatic carbocycles. The van der Waals surface area contributed by atoms with Crippen LogP contribution in [0.25, 0.3) is 0 Å². The van der Waals surface area contributed by atoms with Crippen molar-refractivity contribution in [3.63, 3.8) is 0 Å². The number of rotatable bonds is 2. The van der Waals surface area contributed by atoms with Crippen molar-refractivity contribution in [1.82, 2.24) is 0 Å². The number of carbonyl (C=O) groups excluding carboxylic acids is 2. The lowest BCUT2D eigenvalue weighted by Crippen LogP contribution is -2.33. The Labute approximate surface area is 132 Å². The minimum atomic E-state index is -0.550. The number of fused-ring (bicyclic) bond motifs is 1. The van der Waals surface area contributed by atoms with Crippen LogP contribution in [0.2, 0.25) is 0 Å². The topological polar surface area (TPSA) is 75.4 Å². The van der Waals surface area contributed by atoms with Gasteiger partial charge in [0.25, 0.3) is 0 Å². The highest BCUT2D eigenvalue weighted by molar-refractivity contribution is 6.04. The molecule has 3 N–H and O–H groups in total. The van der Waals surface area contributed by atoms with E-state index in [4.69, 9.17) is 5.73 Å². The second kappa shape index (κ2) is 5.72.